The molecule has 0 unspecified atom stereocenters. The van der Waals surface area contributed by atoms with Crippen LogP contribution in [-0.2, 0) is 5.75 Å². The molecule has 132 valence electrons. The molecular formula is C19H23N3O2S. The SMILES string of the molecule is CCN=C(N)NC(=O)c1ccc(OCC)cc1.c1cc2cc(c1)SC2. The summed E-state index contributed by atoms with van der Waals surface area (Å²) in [5, 5.41) is 2.50. The number of rotatable bonds is 4. The molecule has 0 aliphatic carbocycles. The monoisotopic (exact) mass is 357 g/mol. The van der Waals surface area contributed by atoms with Crippen LogP contribution in [0.3, 0.4) is 0 Å². The Morgan fingerprint density at radius 1 is 1.24 bits per heavy atom. The van der Waals surface area contributed by atoms with Gasteiger partial charge in [0.1, 0.15) is 5.75 Å². The zero-order valence-corrected chi connectivity index (χ0v) is 15.3. The van der Waals surface area contributed by atoms with Crippen molar-refractivity contribution in [1.29, 1.82) is 0 Å². The molecule has 3 N–H and O–H groups in total. The lowest BCUT2D eigenvalue weighted by Crippen LogP contribution is -2.36. The molecule has 5 nitrogen and oxygen atoms in total. The Labute approximate surface area is 152 Å². The molecule has 2 aromatic rings. The van der Waals surface area contributed by atoms with Gasteiger partial charge in [0.25, 0.3) is 5.91 Å². The second-order valence-electron chi connectivity index (χ2n) is 5.21. The van der Waals surface area contributed by atoms with Gasteiger partial charge in [-0.3, -0.25) is 15.1 Å². The Morgan fingerprint density at radius 2 is 2.00 bits per heavy atom. The third-order valence-corrected chi connectivity index (χ3v) is 4.37. The van der Waals surface area contributed by atoms with Crippen LogP contribution < -0.4 is 15.8 Å². The summed E-state index contributed by atoms with van der Waals surface area (Å²) in [6, 6.07) is 15.5. The molecule has 2 bridgehead atoms. The lowest BCUT2D eigenvalue weighted by Gasteiger charge is -2.06. The molecule has 6 heteroatoms. The normalized spacial score (nSPS) is 12.2. The molecule has 1 aliphatic heterocycles. The van der Waals surface area contributed by atoms with Crippen molar-refractivity contribution in [1.82, 2.24) is 5.32 Å². The highest BCUT2D eigenvalue weighted by Gasteiger charge is 2.06. The molecular weight excluding hydrogens is 334 g/mol. The van der Waals surface area contributed by atoms with Crippen LogP contribution in [0.4, 0.5) is 0 Å². The third-order valence-electron chi connectivity index (χ3n) is 3.30. The maximum atomic E-state index is 11.7. The molecule has 0 saturated heterocycles. The first-order valence-corrected chi connectivity index (χ1v) is 9.16. The third kappa shape index (κ3) is 6.15. The number of nitrogens with zero attached hydrogens (tertiary/aromatic N) is 1. The molecule has 0 radical (unpaired) electrons. The number of nitrogens with one attached hydrogen (secondary N) is 1. The van der Waals surface area contributed by atoms with Crippen LogP contribution in [0.2, 0.25) is 0 Å². The van der Waals surface area contributed by atoms with Gasteiger partial charge in [-0.2, -0.15) is 0 Å². The molecule has 0 atom stereocenters. The van der Waals surface area contributed by atoms with Crippen molar-refractivity contribution in [2.45, 2.75) is 24.5 Å². The summed E-state index contributed by atoms with van der Waals surface area (Å²) < 4.78 is 5.28. The van der Waals surface area contributed by atoms with Gasteiger partial charge in [-0.25, -0.2) is 0 Å². The van der Waals surface area contributed by atoms with Crippen LogP contribution in [0.15, 0.2) is 58.4 Å². The number of thioether (sulfide) groups is 1. The molecule has 0 spiro atoms. The summed E-state index contributed by atoms with van der Waals surface area (Å²) in [5.74, 6) is 1.77. The second kappa shape index (κ2) is 9.74. The number of nitrogens with two attached hydrogens (primary N) is 1. The number of fused-ring (bicyclic) bond motifs is 2. The Morgan fingerprint density at radius 3 is 2.60 bits per heavy atom. The van der Waals surface area contributed by atoms with Gasteiger partial charge in [-0.1, -0.05) is 12.1 Å². The van der Waals surface area contributed by atoms with Crippen LogP contribution in [0.5, 0.6) is 5.75 Å². The van der Waals surface area contributed by atoms with Gasteiger partial charge in [0.15, 0.2) is 5.96 Å². The molecule has 1 aliphatic rings. The number of hydrogen-bond donors (Lipinski definition) is 2. The largest absolute Gasteiger partial charge is 0.494 e. The van der Waals surface area contributed by atoms with E-state index in [9.17, 15) is 4.79 Å². The number of carbonyl (C=O) groups excluding carboxylic acids is 1. The van der Waals surface area contributed by atoms with E-state index in [0.717, 1.165) is 5.75 Å². The second-order valence-corrected chi connectivity index (χ2v) is 6.26. The average Bonchev–Trinajstić information content (AvgIpc) is 2.94. The van der Waals surface area contributed by atoms with Crippen LogP contribution in [0, 0.1) is 0 Å². The first kappa shape index (κ1) is 18.9. The summed E-state index contributed by atoms with van der Waals surface area (Å²) in [6.07, 6.45) is 0. The Balaban J connectivity index is 0.000000230. The predicted molar refractivity (Wildman–Crippen MR) is 103 cm³/mol. The lowest BCUT2D eigenvalue weighted by atomic mass is 10.2. The van der Waals surface area contributed by atoms with Gasteiger partial charge >= 0.3 is 0 Å². The molecule has 0 saturated carbocycles. The molecule has 25 heavy (non-hydrogen) atoms. The number of benzene rings is 2. The standard InChI is InChI=1S/C12H17N3O2.C7H6S/c1-3-14-12(13)15-11(16)9-5-7-10(8-6-9)17-4-2;1-2-6-4-7(3-1)8-5-6/h5-8H,3-4H2,1-2H3,(H3,13,14,15,16);1-4H,5H2. The maximum Gasteiger partial charge on any atom is 0.257 e. The van der Waals surface area contributed by atoms with Crippen LogP contribution >= 0.6 is 11.8 Å². The smallest absolute Gasteiger partial charge is 0.257 e. The number of hydrogen-bond acceptors (Lipinski definition) is 4. The first-order chi connectivity index (χ1) is 12.1. The van der Waals surface area contributed by atoms with Crippen LogP contribution in [0.1, 0.15) is 29.8 Å². The predicted octanol–water partition coefficient (Wildman–Crippen LogP) is 3.44. The summed E-state index contributed by atoms with van der Waals surface area (Å²) >= 11 is 1.92. The van der Waals surface area contributed by atoms with Crippen molar-refractivity contribution in [2.24, 2.45) is 10.7 Å². The van der Waals surface area contributed by atoms with Gasteiger partial charge in [0.2, 0.25) is 0 Å². The van der Waals surface area contributed by atoms with Crippen LogP contribution in [-0.4, -0.2) is 25.0 Å². The van der Waals surface area contributed by atoms with Crippen LogP contribution in [0.25, 0.3) is 0 Å². The molecule has 3 rings (SSSR count). The van der Waals surface area contributed by atoms with Crippen molar-refractivity contribution >= 4 is 23.6 Å². The van der Waals surface area contributed by atoms with Crippen molar-refractivity contribution in [3.05, 3.63) is 59.7 Å². The van der Waals surface area contributed by atoms with E-state index in [1.165, 1.54) is 16.2 Å². The lowest BCUT2D eigenvalue weighted by molar-refractivity contribution is 0.0976. The fraction of sp³-hybridized carbons (Fsp3) is 0.263. The van der Waals surface area contributed by atoms with Crippen molar-refractivity contribution in [3.63, 3.8) is 0 Å². The molecule has 1 amide bonds. The highest BCUT2D eigenvalue weighted by atomic mass is 32.2. The highest BCUT2D eigenvalue weighted by molar-refractivity contribution is 7.98. The Kier molecular flexibility index (Phi) is 7.35. The number of aliphatic imine (C=N–C) groups is 1. The summed E-state index contributed by atoms with van der Waals surface area (Å²) in [7, 11) is 0. The summed E-state index contributed by atoms with van der Waals surface area (Å²) in [5.41, 5.74) is 7.48. The topological polar surface area (TPSA) is 76.7 Å². The van der Waals surface area contributed by atoms with Gasteiger partial charge in [-0.15, -0.1) is 11.8 Å². The van der Waals surface area contributed by atoms with Crippen molar-refractivity contribution in [3.8, 4) is 5.75 Å². The van der Waals surface area contributed by atoms with E-state index in [2.05, 4.69) is 34.6 Å². The van der Waals surface area contributed by atoms with Gasteiger partial charge < -0.3 is 10.5 Å². The summed E-state index contributed by atoms with van der Waals surface area (Å²) in [4.78, 5) is 17.0. The zero-order chi connectivity index (χ0) is 18.1. The van der Waals surface area contributed by atoms with E-state index in [0.29, 0.717) is 18.7 Å². The van der Waals surface area contributed by atoms with Gasteiger partial charge in [0, 0.05) is 22.8 Å². The van der Waals surface area contributed by atoms with Crippen molar-refractivity contribution < 1.29 is 9.53 Å². The first-order valence-electron chi connectivity index (χ1n) is 8.18. The Bertz CT molecular complexity index is 710. The van der Waals surface area contributed by atoms with Crippen molar-refractivity contribution in [2.75, 3.05) is 13.2 Å². The minimum Gasteiger partial charge on any atom is -0.494 e. The number of ether oxygens (including phenoxy) is 1. The number of carbonyl (C=O) groups is 1. The fourth-order valence-corrected chi connectivity index (χ4v) is 3.08. The minimum absolute atomic E-state index is 0.131. The minimum atomic E-state index is -0.275. The zero-order valence-electron chi connectivity index (χ0n) is 14.5. The molecule has 2 aromatic carbocycles. The Hall–Kier alpha value is -2.47. The van der Waals surface area contributed by atoms with E-state index in [4.69, 9.17) is 10.5 Å². The fourth-order valence-electron chi connectivity index (χ4n) is 2.16. The van der Waals surface area contributed by atoms with E-state index in [1.807, 2.05) is 25.6 Å². The number of amides is 1. The maximum absolute atomic E-state index is 11.7. The summed E-state index contributed by atoms with van der Waals surface area (Å²) in [6.45, 7) is 4.88. The van der Waals surface area contributed by atoms with E-state index < -0.39 is 0 Å². The molecule has 1 heterocycles. The number of guanidine groups is 1. The van der Waals surface area contributed by atoms with E-state index in [1.54, 1.807) is 24.3 Å². The molecule has 0 aromatic heterocycles. The highest BCUT2D eigenvalue weighted by Crippen LogP contribution is 2.30. The van der Waals surface area contributed by atoms with Gasteiger partial charge in [0.05, 0.1) is 6.61 Å². The van der Waals surface area contributed by atoms with E-state index in [-0.39, 0.29) is 11.9 Å². The quantitative estimate of drug-likeness (QED) is 0.649. The average molecular weight is 357 g/mol. The molecule has 0 fully saturated rings. The van der Waals surface area contributed by atoms with E-state index >= 15 is 0 Å². The van der Waals surface area contributed by atoms with Gasteiger partial charge in [-0.05, 0) is 55.8 Å².